The molecule has 0 spiro atoms. The van der Waals surface area contributed by atoms with Gasteiger partial charge in [0.05, 0.1) is 4.47 Å². The molecule has 20 heavy (non-hydrogen) atoms. The van der Waals surface area contributed by atoms with Gasteiger partial charge in [0.15, 0.2) is 6.61 Å². The lowest BCUT2D eigenvalue weighted by Crippen LogP contribution is -2.36. The molecule has 1 aromatic carbocycles. The summed E-state index contributed by atoms with van der Waals surface area (Å²) in [6, 6.07) is 6.16. The molecule has 0 saturated heterocycles. The Hall–Kier alpha value is -1.07. The van der Waals surface area contributed by atoms with E-state index in [0.29, 0.717) is 18.3 Å². The quantitative estimate of drug-likeness (QED) is 0.835. The third kappa shape index (κ3) is 4.49. The van der Waals surface area contributed by atoms with Crippen LogP contribution in [0.3, 0.4) is 0 Å². The van der Waals surface area contributed by atoms with Crippen LogP contribution in [-0.2, 0) is 11.2 Å². The molecule has 1 aliphatic rings. The lowest BCUT2D eigenvalue weighted by Gasteiger charge is -2.13. The summed E-state index contributed by atoms with van der Waals surface area (Å²) in [6.07, 6.45) is 5.42. The molecule has 0 atom stereocenters. The number of ether oxygens (including phenoxy) is 1. The van der Waals surface area contributed by atoms with Crippen molar-refractivity contribution in [3.05, 3.63) is 28.2 Å². The predicted octanol–water partition coefficient (Wildman–Crippen LogP) is 2.39. The van der Waals surface area contributed by atoms with Gasteiger partial charge in [-0.25, -0.2) is 0 Å². The van der Waals surface area contributed by atoms with Crippen LogP contribution in [0.1, 0.15) is 31.2 Å². The molecule has 1 fully saturated rings. The van der Waals surface area contributed by atoms with Crippen LogP contribution in [0.5, 0.6) is 5.75 Å². The summed E-state index contributed by atoms with van der Waals surface area (Å²) in [4.78, 5) is 11.8. The summed E-state index contributed by atoms with van der Waals surface area (Å²) in [7, 11) is 0. The molecular formula is C15H21BrN2O2. The van der Waals surface area contributed by atoms with Crippen LogP contribution in [0.4, 0.5) is 0 Å². The van der Waals surface area contributed by atoms with Crippen molar-refractivity contribution in [2.75, 3.05) is 13.2 Å². The minimum atomic E-state index is -0.0464. The highest BCUT2D eigenvalue weighted by Crippen LogP contribution is 2.26. The number of carbonyl (C=O) groups is 1. The third-order valence-electron chi connectivity index (χ3n) is 3.51. The van der Waals surface area contributed by atoms with E-state index in [9.17, 15) is 4.79 Å². The molecule has 5 heteroatoms. The molecule has 0 heterocycles. The first-order chi connectivity index (χ1) is 9.69. The Morgan fingerprint density at radius 3 is 2.80 bits per heavy atom. The van der Waals surface area contributed by atoms with E-state index in [1.54, 1.807) is 0 Å². The number of nitrogens with one attached hydrogen (secondary N) is 1. The molecule has 110 valence electrons. The summed E-state index contributed by atoms with van der Waals surface area (Å²) in [5, 5.41) is 3.00. The molecular weight excluding hydrogens is 320 g/mol. The van der Waals surface area contributed by atoms with Gasteiger partial charge in [-0.1, -0.05) is 18.9 Å². The smallest absolute Gasteiger partial charge is 0.258 e. The Labute approximate surface area is 128 Å². The molecule has 1 saturated carbocycles. The molecule has 3 N–H and O–H groups in total. The number of rotatable bonds is 6. The number of carbonyl (C=O) groups excluding carboxylic acids is 1. The maximum absolute atomic E-state index is 11.8. The van der Waals surface area contributed by atoms with E-state index in [1.165, 1.54) is 12.8 Å². The van der Waals surface area contributed by atoms with E-state index < -0.39 is 0 Å². The zero-order valence-electron chi connectivity index (χ0n) is 11.5. The highest BCUT2D eigenvalue weighted by atomic mass is 79.9. The van der Waals surface area contributed by atoms with Crippen molar-refractivity contribution < 1.29 is 9.53 Å². The molecule has 2 rings (SSSR count). The first-order valence-electron chi connectivity index (χ1n) is 7.09. The van der Waals surface area contributed by atoms with E-state index in [2.05, 4.69) is 21.2 Å². The second-order valence-corrected chi connectivity index (χ2v) is 6.00. The first kappa shape index (κ1) is 15.3. The van der Waals surface area contributed by atoms with Gasteiger partial charge in [-0.05, 0) is 59.4 Å². The predicted molar refractivity (Wildman–Crippen MR) is 82.8 cm³/mol. The van der Waals surface area contributed by atoms with Crippen molar-refractivity contribution in [2.45, 2.75) is 38.1 Å². The topological polar surface area (TPSA) is 64.3 Å². The van der Waals surface area contributed by atoms with Gasteiger partial charge in [0, 0.05) is 6.04 Å². The van der Waals surface area contributed by atoms with Crippen LogP contribution in [0, 0.1) is 0 Å². The van der Waals surface area contributed by atoms with Gasteiger partial charge in [0.1, 0.15) is 5.75 Å². The zero-order valence-corrected chi connectivity index (χ0v) is 13.1. The monoisotopic (exact) mass is 340 g/mol. The minimum Gasteiger partial charge on any atom is -0.483 e. The van der Waals surface area contributed by atoms with Gasteiger partial charge in [0.2, 0.25) is 0 Å². The third-order valence-corrected chi connectivity index (χ3v) is 4.13. The van der Waals surface area contributed by atoms with Crippen LogP contribution < -0.4 is 15.8 Å². The van der Waals surface area contributed by atoms with E-state index in [4.69, 9.17) is 10.5 Å². The van der Waals surface area contributed by atoms with E-state index in [-0.39, 0.29) is 12.5 Å². The Balaban J connectivity index is 1.82. The molecule has 4 nitrogen and oxygen atoms in total. The Morgan fingerprint density at radius 1 is 1.40 bits per heavy atom. The highest BCUT2D eigenvalue weighted by Gasteiger charge is 2.17. The average Bonchev–Trinajstić information content (AvgIpc) is 2.91. The normalized spacial score (nSPS) is 15.3. The first-order valence-corrected chi connectivity index (χ1v) is 7.89. The van der Waals surface area contributed by atoms with Crippen LogP contribution >= 0.6 is 15.9 Å². The summed E-state index contributed by atoms with van der Waals surface area (Å²) < 4.78 is 6.41. The molecule has 0 aromatic heterocycles. The largest absolute Gasteiger partial charge is 0.483 e. The zero-order chi connectivity index (χ0) is 14.4. The number of benzene rings is 1. The molecule has 1 amide bonds. The molecule has 0 bridgehead atoms. The van der Waals surface area contributed by atoms with Gasteiger partial charge in [-0.2, -0.15) is 0 Å². The SMILES string of the molecule is NCCc1ccc(OCC(=O)NC2CCCC2)c(Br)c1. The van der Waals surface area contributed by atoms with Crippen LogP contribution in [-0.4, -0.2) is 25.1 Å². The fraction of sp³-hybridized carbons (Fsp3) is 0.533. The van der Waals surface area contributed by atoms with Crippen molar-refractivity contribution >= 4 is 21.8 Å². The van der Waals surface area contributed by atoms with Crippen molar-refractivity contribution in [3.63, 3.8) is 0 Å². The van der Waals surface area contributed by atoms with E-state index in [1.807, 2.05) is 18.2 Å². The molecule has 0 radical (unpaired) electrons. The number of hydrogen-bond donors (Lipinski definition) is 2. The van der Waals surface area contributed by atoms with Crippen LogP contribution in [0.2, 0.25) is 0 Å². The fourth-order valence-electron chi connectivity index (χ4n) is 2.47. The highest BCUT2D eigenvalue weighted by molar-refractivity contribution is 9.10. The minimum absolute atomic E-state index is 0.0464. The Kier molecular flexibility index (Phi) is 5.86. The van der Waals surface area contributed by atoms with Crippen LogP contribution in [0.15, 0.2) is 22.7 Å². The lowest BCUT2D eigenvalue weighted by molar-refractivity contribution is -0.123. The van der Waals surface area contributed by atoms with E-state index >= 15 is 0 Å². The number of nitrogens with two attached hydrogens (primary N) is 1. The van der Waals surface area contributed by atoms with Crippen LogP contribution in [0.25, 0.3) is 0 Å². The van der Waals surface area contributed by atoms with Crippen molar-refractivity contribution in [2.24, 2.45) is 5.73 Å². The Morgan fingerprint density at radius 2 is 2.15 bits per heavy atom. The van der Waals surface area contributed by atoms with Crippen molar-refractivity contribution in [3.8, 4) is 5.75 Å². The van der Waals surface area contributed by atoms with Gasteiger partial charge in [-0.3, -0.25) is 4.79 Å². The number of halogens is 1. The second kappa shape index (κ2) is 7.64. The Bertz CT molecular complexity index is 459. The van der Waals surface area contributed by atoms with Gasteiger partial charge >= 0.3 is 0 Å². The summed E-state index contributed by atoms with van der Waals surface area (Å²) >= 11 is 3.46. The molecule has 1 aromatic rings. The standard InChI is InChI=1S/C15H21BrN2O2/c16-13-9-11(7-8-17)5-6-14(13)20-10-15(19)18-12-3-1-2-4-12/h5-6,9,12H,1-4,7-8,10,17H2,(H,18,19). The molecule has 1 aliphatic carbocycles. The number of hydrogen-bond acceptors (Lipinski definition) is 3. The van der Waals surface area contributed by atoms with Crippen molar-refractivity contribution in [1.29, 1.82) is 0 Å². The summed E-state index contributed by atoms with van der Waals surface area (Å²) in [5.74, 6) is 0.641. The molecule has 0 aliphatic heterocycles. The molecule has 0 unspecified atom stereocenters. The maximum atomic E-state index is 11.8. The van der Waals surface area contributed by atoms with E-state index in [0.717, 1.165) is 29.3 Å². The summed E-state index contributed by atoms with van der Waals surface area (Å²) in [6.45, 7) is 0.682. The fourth-order valence-corrected chi connectivity index (χ4v) is 3.01. The van der Waals surface area contributed by atoms with Gasteiger partial charge in [0.25, 0.3) is 5.91 Å². The lowest BCUT2D eigenvalue weighted by atomic mass is 10.1. The average molecular weight is 341 g/mol. The number of amides is 1. The van der Waals surface area contributed by atoms with Gasteiger partial charge < -0.3 is 15.8 Å². The van der Waals surface area contributed by atoms with Crippen molar-refractivity contribution in [1.82, 2.24) is 5.32 Å². The second-order valence-electron chi connectivity index (χ2n) is 5.14. The van der Waals surface area contributed by atoms with Gasteiger partial charge in [-0.15, -0.1) is 0 Å². The maximum Gasteiger partial charge on any atom is 0.258 e. The summed E-state index contributed by atoms with van der Waals surface area (Å²) in [5.41, 5.74) is 6.68.